The number of carbonyl (C=O) groups is 1. The van der Waals surface area contributed by atoms with E-state index < -0.39 is 30.7 Å². The smallest absolute Gasteiger partial charge is 0.391 e. The Morgan fingerprint density at radius 1 is 1.67 bits per heavy atom. The molecule has 1 aromatic rings. The summed E-state index contributed by atoms with van der Waals surface area (Å²) in [5, 5.41) is 12.8. The molecule has 1 rings (SSSR count). The Labute approximate surface area is 105 Å². The van der Waals surface area contributed by atoms with E-state index in [2.05, 4.69) is 10.3 Å². The van der Waals surface area contributed by atoms with Gasteiger partial charge in [0, 0.05) is 11.4 Å². The lowest BCUT2D eigenvalue weighted by atomic mass is 10.2. The second kappa shape index (κ2) is 5.53. The fraction of sp³-hybridized carbons (Fsp3) is 0.556. The summed E-state index contributed by atoms with van der Waals surface area (Å²) in [6, 6.07) is -2.11. The van der Waals surface area contributed by atoms with E-state index in [1.54, 1.807) is 0 Å². The van der Waals surface area contributed by atoms with Crippen LogP contribution in [0.4, 0.5) is 18.3 Å². The molecule has 0 radical (unpaired) electrons. The van der Waals surface area contributed by atoms with Crippen molar-refractivity contribution in [1.82, 2.24) is 4.98 Å². The Morgan fingerprint density at radius 3 is 2.78 bits per heavy atom. The first-order chi connectivity index (χ1) is 8.19. The summed E-state index contributed by atoms with van der Waals surface area (Å²) >= 11 is 1.02. The highest BCUT2D eigenvalue weighted by Crippen LogP contribution is 2.25. The molecule has 0 fully saturated rings. The Kier molecular flexibility index (Phi) is 4.52. The number of alkyl halides is 3. The molecule has 0 aliphatic carbocycles. The van der Waals surface area contributed by atoms with Crippen molar-refractivity contribution >= 4 is 22.4 Å². The van der Waals surface area contributed by atoms with Crippen LogP contribution < -0.4 is 11.1 Å². The molecule has 0 saturated heterocycles. The summed E-state index contributed by atoms with van der Waals surface area (Å²) < 4.78 is 36.3. The largest absolute Gasteiger partial charge is 0.480 e. The number of aromatic nitrogens is 1. The van der Waals surface area contributed by atoms with Crippen molar-refractivity contribution in [3.63, 3.8) is 0 Å². The minimum absolute atomic E-state index is 0.120. The quantitative estimate of drug-likeness (QED) is 0.769. The van der Waals surface area contributed by atoms with Crippen molar-refractivity contribution in [2.24, 2.45) is 5.73 Å². The average Bonchev–Trinajstić information content (AvgIpc) is 2.61. The number of thiazole rings is 1. The molecule has 0 spiro atoms. The zero-order valence-corrected chi connectivity index (χ0v) is 10.2. The van der Waals surface area contributed by atoms with Crippen LogP contribution in [0, 0.1) is 0 Å². The molecule has 2 unspecified atom stereocenters. The zero-order valence-electron chi connectivity index (χ0n) is 9.36. The van der Waals surface area contributed by atoms with Gasteiger partial charge in [0.05, 0.1) is 12.1 Å². The highest BCUT2D eigenvalue weighted by molar-refractivity contribution is 7.13. The van der Waals surface area contributed by atoms with Crippen LogP contribution in [0.2, 0.25) is 0 Å². The molecule has 0 aromatic carbocycles. The maximum absolute atomic E-state index is 12.1. The second-order valence-corrected chi connectivity index (χ2v) is 4.62. The molecule has 102 valence electrons. The SMILES string of the molecule is CC(CC(F)(F)F)Nc1nc(C(N)C(=O)O)cs1. The van der Waals surface area contributed by atoms with Crippen molar-refractivity contribution in [3.05, 3.63) is 11.1 Å². The monoisotopic (exact) mass is 283 g/mol. The molecule has 2 atom stereocenters. The van der Waals surface area contributed by atoms with Crippen molar-refractivity contribution < 1.29 is 23.1 Å². The fourth-order valence-corrected chi connectivity index (χ4v) is 2.09. The summed E-state index contributed by atoms with van der Waals surface area (Å²) in [5.74, 6) is -1.24. The van der Waals surface area contributed by atoms with E-state index in [4.69, 9.17) is 10.8 Å². The highest BCUT2D eigenvalue weighted by Gasteiger charge is 2.30. The standard InChI is InChI=1S/C9H12F3N3O2S/c1-4(2-9(10,11)12)14-8-15-5(3-18-8)6(13)7(16)17/h3-4,6H,2,13H2,1H3,(H,14,15)(H,16,17). The molecule has 1 aromatic heterocycles. The van der Waals surface area contributed by atoms with Gasteiger partial charge in [-0.1, -0.05) is 0 Å². The number of carboxylic acids is 1. The number of nitrogens with one attached hydrogen (secondary N) is 1. The summed E-state index contributed by atoms with van der Waals surface area (Å²) in [6.07, 6.45) is -5.25. The summed E-state index contributed by atoms with van der Waals surface area (Å²) in [5.41, 5.74) is 5.44. The van der Waals surface area contributed by atoms with Gasteiger partial charge in [-0.3, -0.25) is 4.79 Å². The van der Waals surface area contributed by atoms with E-state index in [9.17, 15) is 18.0 Å². The first-order valence-electron chi connectivity index (χ1n) is 4.96. The number of hydrogen-bond donors (Lipinski definition) is 3. The molecule has 18 heavy (non-hydrogen) atoms. The van der Waals surface area contributed by atoms with Crippen LogP contribution in [0.3, 0.4) is 0 Å². The van der Waals surface area contributed by atoms with E-state index in [1.165, 1.54) is 12.3 Å². The fourth-order valence-electron chi connectivity index (χ4n) is 1.23. The lowest BCUT2D eigenvalue weighted by molar-refractivity contribution is -0.139. The van der Waals surface area contributed by atoms with E-state index in [-0.39, 0.29) is 10.8 Å². The van der Waals surface area contributed by atoms with Crippen molar-refractivity contribution in [2.45, 2.75) is 31.6 Å². The van der Waals surface area contributed by atoms with Crippen LogP contribution >= 0.6 is 11.3 Å². The molecule has 0 aliphatic heterocycles. The number of anilines is 1. The van der Waals surface area contributed by atoms with Gasteiger partial charge in [0.15, 0.2) is 5.13 Å². The predicted molar refractivity (Wildman–Crippen MR) is 60.4 cm³/mol. The van der Waals surface area contributed by atoms with Crippen molar-refractivity contribution in [2.75, 3.05) is 5.32 Å². The zero-order chi connectivity index (χ0) is 13.9. The molecule has 9 heteroatoms. The first kappa shape index (κ1) is 14.7. The Bertz CT molecular complexity index is 421. The van der Waals surface area contributed by atoms with Crippen LogP contribution in [-0.2, 0) is 4.79 Å². The highest BCUT2D eigenvalue weighted by atomic mass is 32.1. The van der Waals surface area contributed by atoms with Crippen LogP contribution in [-0.4, -0.2) is 28.3 Å². The average molecular weight is 283 g/mol. The normalized spacial score (nSPS) is 15.2. The molecule has 0 amide bonds. The number of nitrogens with two attached hydrogens (primary N) is 1. The van der Waals surface area contributed by atoms with Gasteiger partial charge in [0.2, 0.25) is 0 Å². The van der Waals surface area contributed by atoms with Gasteiger partial charge >= 0.3 is 12.1 Å². The second-order valence-electron chi connectivity index (χ2n) is 3.76. The third-order valence-corrected chi connectivity index (χ3v) is 2.81. The molecule has 4 N–H and O–H groups in total. The lowest BCUT2D eigenvalue weighted by Gasteiger charge is -2.14. The van der Waals surface area contributed by atoms with Crippen LogP contribution in [0.1, 0.15) is 25.1 Å². The maximum Gasteiger partial charge on any atom is 0.391 e. The number of hydrogen-bond acceptors (Lipinski definition) is 5. The summed E-state index contributed by atoms with van der Waals surface area (Å²) in [6.45, 7) is 1.37. The third-order valence-electron chi connectivity index (χ3n) is 2.01. The van der Waals surface area contributed by atoms with Gasteiger partial charge in [0.1, 0.15) is 6.04 Å². The maximum atomic E-state index is 12.1. The van der Waals surface area contributed by atoms with E-state index in [0.29, 0.717) is 0 Å². The Balaban J connectivity index is 2.62. The molecule has 0 aliphatic rings. The molecule has 1 heterocycles. The van der Waals surface area contributed by atoms with Gasteiger partial charge < -0.3 is 16.2 Å². The van der Waals surface area contributed by atoms with Crippen molar-refractivity contribution in [1.29, 1.82) is 0 Å². The van der Waals surface area contributed by atoms with Gasteiger partial charge in [-0.2, -0.15) is 13.2 Å². The van der Waals surface area contributed by atoms with E-state index >= 15 is 0 Å². The van der Waals surface area contributed by atoms with E-state index in [0.717, 1.165) is 11.3 Å². The number of halogens is 3. The number of carboxylic acid groups (broad SMARTS) is 1. The minimum atomic E-state index is -4.26. The third kappa shape index (κ3) is 4.49. The molecule has 0 saturated carbocycles. The Morgan fingerprint density at radius 2 is 2.28 bits per heavy atom. The minimum Gasteiger partial charge on any atom is -0.480 e. The predicted octanol–water partition coefficient (Wildman–Crippen LogP) is 1.98. The summed E-state index contributed by atoms with van der Waals surface area (Å²) in [7, 11) is 0. The van der Waals surface area contributed by atoms with E-state index in [1.807, 2.05) is 0 Å². The van der Waals surface area contributed by atoms with Gasteiger partial charge in [-0.15, -0.1) is 11.3 Å². The van der Waals surface area contributed by atoms with Crippen molar-refractivity contribution in [3.8, 4) is 0 Å². The topological polar surface area (TPSA) is 88.2 Å². The number of rotatable bonds is 5. The molecular weight excluding hydrogens is 271 g/mol. The molecular formula is C9H12F3N3O2S. The van der Waals surface area contributed by atoms with Gasteiger partial charge in [0.25, 0.3) is 0 Å². The van der Waals surface area contributed by atoms with Crippen LogP contribution in [0.5, 0.6) is 0 Å². The Hall–Kier alpha value is -1.35. The number of aliphatic carboxylic acids is 1. The summed E-state index contributed by atoms with van der Waals surface area (Å²) in [4.78, 5) is 14.4. The number of nitrogens with zero attached hydrogens (tertiary/aromatic N) is 1. The lowest BCUT2D eigenvalue weighted by Crippen LogP contribution is -2.24. The molecule has 5 nitrogen and oxygen atoms in total. The van der Waals surface area contributed by atoms with Crippen LogP contribution in [0.25, 0.3) is 0 Å². The van der Waals surface area contributed by atoms with Crippen LogP contribution in [0.15, 0.2) is 5.38 Å². The van der Waals surface area contributed by atoms with Gasteiger partial charge in [-0.25, -0.2) is 4.98 Å². The first-order valence-corrected chi connectivity index (χ1v) is 5.84. The molecule has 0 bridgehead atoms. The van der Waals surface area contributed by atoms with Gasteiger partial charge in [-0.05, 0) is 6.92 Å².